The number of nitrogens with zero attached hydrogens (tertiary/aromatic N) is 1. The summed E-state index contributed by atoms with van der Waals surface area (Å²) in [6.45, 7) is 7.23. The van der Waals surface area contributed by atoms with Gasteiger partial charge in [0.2, 0.25) is 5.91 Å². The molecule has 1 saturated heterocycles. The summed E-state index contributed by atoms with van der Waals surface area (Å²) >= 11 is 0. The third kappa shape index (κ3) is 4.64. The molecule has 1 amide bonds. The van der Waals surface area contributed by atoms with Gasteiger partial charge in [0.15, 0.2) is 0 Å². The molecule has 0 bridgehead atoms. The van der Waals surface area contributed by atoms with Gasteiger partial charge in [0.05, 0.1) is 12.6 Å². The van der Waals surface area contributed by atoms with Crippen molar-refractivity contribution >= 4 is 5.91 Å². The number of hydrogen-bond donors (Lipinski definition) is 2. The zero-order valence-corrected chi connectivity index (χ0v) is 11.3. The molecule has 0 radical (unpaired) electrons. The summed E-state index contributed by atoms with van der Waals surface area (Å²) in [5.74, 6) is 0.0956. The van der Waals surface area contributed by atoms with Crippen LogP contribution in [0, 0.1) is 5.41 Å². The quantitative estimate of drug-likeness (QED) is 0.776. The summed E-state index contributed by atoms with van der Waals surface area (Å²) in [4.78, 5) is 13.8. The Morgan fingerprint density at radius 2 is 2.18 bits per heavy atom. The van der Waals surface area contributed by atoms with E-state index in [4.69, 9.17) is 5.73 Å². The fraction of sp³-hybridized carbons (Fsp3) is 0.923. The smallest absolute Gasteiger partial charge is 0.224 e. The van der Waals surface area contributed by atoms with Crippen LogP contribution in [0.4, 0.5) is 0 Å². The van der Waals surface area contributed by atoms with Crippen molar-refractivity contribution < 1.29 is 9.90 Å². The maximum Gasteiger partial charge on any atom is 0.224 e. The second-order valence-corrected chi connectivity index (χ2v) is 6.29. The van der Waals surface area contributed by atoms with Crippen LogP contribution in [-0.2, 0) is 4.79 Å². The topological polar surface area (TPSA) is 66.6 Å². The minimum Gasteiger partial charge on any atom is -0.394 e. The average molecular weight is 242 g/mol. The van der Waals surface area contributed by atoms with Gasteiger partial charge in [-0.15, -0.1) is 0 Å². The number of hydrogen-bond acceptors (Lipinski definition) is 3. The van der Waals surface area contributed by atoms with Gasteiger partial charge in [-0.3, -0.25) is 4.79 Å². The lowest BCUT2D eigenvalue weighted by molar-refractivity contribution is -0.133. The molecule has 0 spiro atoms. The van der Waals surface area contributed by atoms with E-state index in [0.717, 1.165) is 25.8 Å². The first-order chi connectivity index (χ1) is 7.83. The molecular formula is C13H26N2O2. The van der Waals surface area contributed by atoms with Crippen LogP contribution in [0.25, 0.3) is 0 Å². The van der Waals surface area contributed by atoms with E-state index < -0.39 is 0 Å². The fourth-order valence-corrected chi connectivity index (χ4v) is 2.55. The minimum atomic E-state index is -0.0811. The predicted molar refractivity (Wildman–Crippen MR) is 68.5 cm³/mol. The van der Waals surface area contributed by atoms with E-state index in [0.29, 0.717) is 6.42 Å². The summed E-state index contributed by atoms with van der Waals surface area (Å²) < 4.78 is 0. The van der Waals surface area contributed by atoms with Gasteiger partial charge in [-0.05, 0) is 24.7 Å². The van der Waals surface area contributed by atoms with Crippen molar-refractivity contribution in [1.82, 2.24) is 4.90 Å². The van der Waals surface area contributed by atoms with Crippen LogP contribution in [-0.4, -0.2) is 41.1 Å². The first-order valence-electron chi connectivity index (χ1n) is 6.49. The zero-order chi connectivity index (χ0) is 13.1. The molecule has 0 aromatic rings. The molecular weight excluding hydrogens is 216 g/mol. The lowest BCUT2D eigenvalue weighted by Gasteiger charge is -2.27. The Hall–Kier alpha value is -0.610. The van der Waals surface area contributed by atoms with E-state index in [-0.39, 0.29) is 30.0 Å². The summed E-state index contributed by atoms with van der Waals surface area (Å²) in [5, 5.41) is 9.18. The van der Waals surface area contributed by atoms with Crippen molar-refractivity contribution in [3.63, 3.8) is 0 Å². The Balaban J connectivity index is 2.43. The lowest BCUT2D eigenvalue weighted by Crippen LogP contribution is -2.41. The molecule has 1 fully saturated rings. The Morgan fingerprint density at radius 3 is 2.71 bits per heavy atom. The highest BCUT2D eigenvalue weighted by molar-refractivity contribution is 5.77. The molecule has 2 atom stereocenters. The van der Waals surface area contributed by atoms with Crippen LogP contribution in [0.15, 0.2) is 0 Å². The number of amides is 1. The van der Waals surface area contributed by atoms with Gasteiger partial charge >= 0.3 is 0 Å². The van der Waals surface area contributed by atoms with Crippen LogP contribution in [0.1, 0.15) is 46.5 Å². The van der Waals surface area contributed by atoms with Crippen molar-refractivity contribution in [2.24, 2.45) is 11.1 Å². The zero-order valence-electron chi connectivity index (χ0n) is 11.3. The first kappa shape index (κ1) is 14.5. The third-order valence-corrected chi connectivity index (χ3v) is 3.22. The average Bonchev–Trinajstić information content (AvgIpc) is 2.61. The van der Waals surface area contributed by atoms with Crippen molar-refractivity contribution in [3.05, 3.63) is 0 Å². The number of carbonyl (C=O) groups is 1. The largest absolute Gasteiger partial charge is 0.394 e. The lowest BCUT2D eigenvalue weighted by atomic mass is 9.87. The van der Waals surface area contributed by atoms with E-state index in [2.05, 4.69) is 20.8 Å². The monoisotopic (exact) mass is 242 g/mol. The normalized spacial score (nSPS) is 22.9. The SMILES string of the molecule is CC(C)(C)CC(N)CC(=O)N1CCC[C@@H]1CO. The van der Waals surface area contributed by atoms with Crippen LogP contribution >= 0.6 is 0 Å². The minimum absolute atomic E-state index is 0.0179. The Labute approximate surface area is 104 Å². The maximum atomic E-state index is 12.0. The van der Waals surface area contributed by atoms with Gasteiger partial charge in [-0.2, -0.15) is 0 Å². The second-order valence-electron chi connectivity index (χ2n) is 6.29. The van der Waals surface area contributed by atoms with E-state index >= 15 is 0 Å². The molecule has 1 unspecified atom stereocenters. The summed E-state index contributed by atoms with van der Waals surface area (Å²) in [7, 11) is 0. The first-order valence-corrected chi connectivity index (χ1v) is 6.49. The molecule has 0 aromatic carbocycles. The fourth-order valence-electron chi connectivity index (χ4n) is 2.55. The summed E-state index contributed by atoms with van der Waals surface area (Å²) in [5.41, 5.74) is 6.16. The molecule has 4 heteroatoms. The Morgan fingerprint density at radius 1 is 1.53 bits per heavy atom. The van der Waals surface area contributed by atoms with Gasteiger partial charge < -0.3 is 15.7 Å². The number of carbonyl (C=O) groups excluding carboxylic acids is 1. The van der Waals surface area contributed by atoms with E-state index in [9.17, 15) is 9.90 Å². The number of nitrogens with two attached hydrogens (primary N) is 1. The number of aliphatic hydroxyl groups excluding tert-OH is 1. The molecule has 3 N–H and O–H groups in total. The van der Waals surface area contributed by atoms with Gasteiger partial charge in [0.25, 0.3) is 0 Å². The summed E-state index contributed by atoms with van der Waals surface area (Å²) in [6.07, 6.45) is 3.15. The molecule has 17 heavy (non-hydrogen) atoms. The third-order valence-electron chi connectivity index (χ3n) is 3.22. The highest BCUT2D eigenvalue weighted by atomic mass is 16.3. The standard InChI is InChI=1S/C13H26N2O2/c1-13(2,3)8-10(14)7-12(17)15-6-4-5-11(15)9-16/h10-11,16H,4-9,14H2,1-3H3/t10?,11-/m1/s1. The van der Waals surface area contributed by atoms with Crippen molar-refractivity contribution in [3.8, 4) is 0 Å². The van der Waals surface area contributed by atoms with Crippen LogP contribution < -0.4 is 5.73 Å². The molecule has 0 aliphatic carbocycles. The second kappa shape index (κ2) is 5.83. The van der Waals surface area contributed by atoms with Crippen molar-refractivity contribution in [2.45, 2.75) is 58.5 Å². The molecule has 1 aliphatic rings. The van der Waals surface area contributed by atoms with Gasteiger partial charge in [-0.25, -0.2) is 0 Å². The van der Waals surface area contributed by atoms with Gasteiger partial charge in [0, 0.05) is 19.0 Å². The van der Waals surface area contributed by atoms with Crippen molar-refractivity contribution in [1.29, 1.82) is 0 Å². The van der Waals surface area contributed by atoms with Crippen LogP contribution in [0.2, 0.25) is 0 Å². The molecule has 0 aromatic heterocycles. The molecule has 1 heterocycles. The number of rotatable bonds is 4. The highest BCUT2D eigenvalue weighted by Gasteiger charge is 2.29. The van der Waals surface area contributed by atoms with Gasteiger partial charge in [0.1, 0.15) is 0 Å². The van der Waals surface area contributed by atoms with E-state index in [1.54, 1.807) is 4.90 Å². The predicted octanol–water partition coefficient (Wildman–Crippen LogP) is 1.12. The Kier molecular flexibility index (Phi) is 4.95. The van der Waals surface area contributed by atoms with Crippen LogP contribution in [0.5, 0.6) is 0 Å². The van der Waals surface area contributed by atoms with Crippen LogP contribution in [0.3, 0.4) is 0 Å². The van der Waals surface area contributed by atoms with Gasteiger partial charge in [-0.1, -0.05) is 20.8 Å². The molecule has 1 aliphatic heterocycles. The van der Waals surface area contributed by atoms with E-state index in [1.165, 1.54) is 0 Å². The van der Waals surface area contributed by atoms with Crippen molar-refractivity contribution in [2.75, 3.05) is 13.2 Å². The molecule has 4 nitrogen and oxygen atoms in total. The number of likely N-dealkylation sites (tertiary alicyclic amines) is 1. The maximum absolute atomic E-state index is 12.0. The Bertz CT molecular complexity index is 261. The summed E-state index contributed by atoms with van der Waals surface area (Å²) in [6, 6.07) is -0.0632. The molecule has 100 valence electrons. The number of aliphatic hydroxyl groups is 1. The molecule has 0 saturated carbocycles. The van der Waals surface area contributed by atoms with E-state index in [1.807, 2.05) is 0 Å². The molecule has 1 rings (SSSR count). The highest BCUT2D eigenvalue weighted by Crippen LogP contribution is 2.23.